The summed E-state index contributed by atoms with van der Waals surface area (Å²) >= 11 is 0. The third-order valence-corrected chi connectivity index (χ3v) is 6.57. The molecule has 96 valence electrons. The quantitative estimate of drug-likeness (QED) is 0.680. The summed E-state index contributed by atoms with van der Waals surface area (Å²) in [6.07, 6.45) is 0.267. The minimum Gasteiger partial charge on any atom is -0.462 e. The van der Waals surface area contributed by atoms with Gasteiger partial charge in [-0.3, -0.25) is 9.59 Å². The molecule has 0 spiro atoms. The molecule has 0 aromatic heterocycles. The maximum atomic E-state index is 11.2. The number of ether oxygens (including phenoxy) is 2. The summed E-state index contributed by atoms with van der Waals surface area (Å²) in [6, 6.07) is 0. The number of esters is 2. The van der Waals surface area contributed by atoms with Gasteiger partial charge in [0.25, 0.3) is 0 Å². The molecule has 18 heavy (non-hydrogen) atoms. The molecule has 0 aromatic carbocycles. The molecule has 0 aromatic rings. The zero-order valence-corrected chi connectivity index (χ0v) is 10.4. The van der Waals surface area contributed by atoms with Crippen LogP contribution in [-0.4, -0.2) is 24.1 Å². The van der Waals surface area contributed by atoms with Crippen molar-refractivity contribution in [2.24, 2.45) is 47.3 Å². The highest BCUT2D eigenvalue weighted by molar-refractivity contribution is 5.67. The molecule has 10 atom stereocenters. The van der Waals surface area contributed by atoms with Gasteiger partial charge in [-0.25, -0.2) is 0 Å². The molecule has 0 saturated heterocycles. The van der Waals surface area contributed by atoms with E-state index in [4.69, 9.17) is 9.47 Å². The summed E-state index contributed by atoms with van der Waals surface area (Å²) in [5.41, 5.74) is 0. The van der Waals surface area contributed by atoms with Gasteiger partial charge in [-0.2, -0.15) is 0 Å². The van der Waals surface area contributed by atoms with E-state index in [1.165, 1.54) is 13.8 Å². The molecule has 6 fully saturated rings. The lowest BCUT2D eigenvalue weighted by Crippen LogP contribution is -2.61. The summed E-state index contributed by atoms with van der Waals surface area (Å²) in [6.45, 7) is 3.00. The minimum atomic E-state index is -0.156. The van der Waals surface area contributed by atoms with Gasteiger partial charge in [0, 0.05) is 37.5 Å². The SMILES string of the molecule is CC(=O)O[C@@H]1[C@@H]2[C@@H]3[C@H](OC(C)=O)[C@H]4[C@H]2[C@@H]2[C@H]1[C@@H]3[C@@H]42. The number of carbonyl (C=O) groups is 2. The van der Waals surface area contributed by atoms with Gasteiger partial charge < -0.3 is 9.47 Å². The Morgan fingerprint density at radius 3 is 1.22 bits per heavy atom. The van der Waals surface area contributed by atoms with Gasteiger partial charge in [-0.05, 0) is 23.7 Å². The van der Waals surface area contributed by atoms with Crippen LogP contribution < -0.4 is 0 Å². The molecule has 6 aliphatic carbocycles. The molecule has 4 nitrogen and oxygen atoms in total. The zero-order chi connectivity index (χ0) is 12.3. The molecule has 0 heterocycles. The minimum absolute atomic E-state index is 0.134. The molecule has 0 unspecified atom stereocenters. The average molecular weight is 248 g/mol. The standard InChI is InChI=1S/C14H16O4/c1-3(15)17-13-9-5-6-7(9)12-11(13)8(5)10(6)14(12)18-4(2)16/h5-14H,1-2H3/t5-,6+,7+,8-,9+,10-,11+,12-,13+,14-. The second-order valence-corrected chi connectivity index (χ2v) is 6.77. The Morgan fingerprint density at radius 1 is 0.611 bits per heavy atom. The van der Waals surface area contributed by atoms with Crippen molar-refractivity contribution in [3.05, 3.63) is 0 Å². The highest BCUT2D eigenvalue weighted by Gasteiger charge is 2.91. The molecule has 6 rings (SSSR count). The Kier molecular flexibility index (Phi) is 1.42. The summed E-state index contributed by atoms with van der Waals surface area (Å²) in [4.78, 5) is 22.5. The third-order valence-electron chi connectivity index (χ3n) is 6.57. The molecular formula is C14H16O4. The van der Waals surface area contributed by atoms with Gasteiger partial charge in [0.1, 0.15) is 12.2 Å². The molecule has 0 N–H and O–H groups in total. The van der Waals surface area contributed by atoms with E-state index in [0.717, 1.165) is 11.8 Å². The van der Waals surface area contributed by atoms with E-state index in [2.05, 4.69) is 0 Å². The fourth-order valence-electron chi connectivity index (χ4n) is 6.78. The Balaban J connectivity index is 1.49. The van der Waals surface area contributed by atoms with E-state index in [1.807, 2.05) is 0 Å². The van der Waals surface area contributed by atoms with Crippen molar-refractivity contribution >= 4 is 11.9 Å². The van der Waals surface area contributed by atoms with Crippen molar-refractivity contribution in [1.29, 1.82) is 0 Å². The third kappa shape index (κ3) is 0.733. The highest BCUT2D eigenvalue weighted by atomic mass is 16.6. The van der Waals surface area contributed by atoms with Crippen LogP contribution in [0.1, 0.15) is 13.8 Å². The normalized spacial score (nSPS) is 63.4. The average Bonchev–Trinajstić information content (AvgIpc) is 2.69. The fourth-order valence-corrected chi connectivity index (χ4v) is 6.78. The molecule has 4 bridgehead atoms. The molecule has 0 aliphatic heterocycles. The molecule has 6 aliphatic rings. The van der Waals surface area contributed by atoms with Gasteiger partial charge in [-0.15, -0.1) is 0 Å². The van der Waals surface area contributed by atoms with Gasteiger partial charge in [0.05, 0.1) is 0 Å². The summed E-state index contributed by atoms with van der Waals surface area (Å²) in [7, 11) is 0. The van der Waals surface area contributed by atoms with Gasteiger partial charge in [0.15, 0.2) is 0 Å². The van der Waals surface area contributed by atoms with Crippen LogP contribution in [0.15, 0.2) is 0 Å². The van der Waals surface area contributed by atoms with Gasteiger partial charge >= 0.3 is 11.9 Å². The first-order valence-corrected chi connectivity index (χ1v) is 6.95. The first-order chi connectivity index (χ1) is 8.61. The number of rotatable bonds is 2. The molecule has 0 radical (unpaired) electrons. The lowest BCUT2D eigenvalue weighted by Gasteiger charge is -2.62. The Hall–Kier alpha value is -1.06. The first kappa shape index (κ1) is 9.82. The number of hydrogen-bond acceptors (Lipinski definition) is 4. The lowest BCUT2D eigenvalue weighted by atomic mass is 9.41. The largest absolute Gasteiger partial charge is 0.462 e. The zero-order valence-electron chi connectivity index (χ0n) is 10.4. The number of carbonyl (C=O) groups excluding carboxylic acids is 2. The summed E-state index contributed by atoms with van der Waals surface area (Å²) in [5.74, 6) is 4.80. The maximum absolute atomic E-state index is 11.2. The predicted octanol–water partition coefficient (Wildman–Crippen LogP) is 0.847. The molecular weight excluding hydrogens is 232 g/mol. The van der Waals surface area contributed by atoms with E-state index in [0.29, 0.717) is 35.5 Å². The van der Waals surface area contributed by atoms with Crippen molar-refractivity contribution in [3.63, 3.8) is 0 Å². The molecule has 4 heteroatoms. The van der Waals surface area contributed by atoms with Gasteiger partial charge in [-0.1, -0.05) is 0 Å². The van der Waals surface area contributed by atoms with E-state index in [9.17, 15) is 9.59 Å². The van der Waals surface area contributed by atoms with Crippen molar-refractivity contribution in [1.82, 2.24) is 0 Å². The van der Waals surface area contributed by atoms with Crippen molar-refractivity contribution in [2.75, 3.05) is 0 Å². The number of hydrogen-bond donors (Lipinski definition) is 0. The van der Waals surface area contributed by atoms with E-state index < -0.39 is 0 Å². The predicted molar refractivity (Wildman–Crippen MR) is 59.0 cm³/mol. The Labute approximate surface area is 105 Å². The van der Waals surface area contributed by atoms with Crippen LogP contribution in [0.5, 0.6) is 0 Å². The van der Waals surface area contributed by atoms with E-state index in [1.54, 1.807) is 0 Å². The summed E-state index contributed by atoms with van der Waals surface area (Å²) in [5, 5.41) is 0. The second kappa shape index (κ2) is 2.61. The lowest BCUT2D eigenvalue weighted by molar-refractivity contribution is -0.183. The van der Waals surface area contributed by atoms with Crippen LogP contribution in [0.4, 0.5) is 0 Å². The first-order valence-electron chi connectivity index (χ1n) is 6.95. The van der Waals surface area contributed by atoms with E-state index in [-0.39, 0.29) is 24.1 Å². The fraction of sp³-hybridized carbons (Fsp3) is 0.857. The summed E-state index contributed by atoms with van der Waals surface area (Å²) < 4.78 is 11.1. The molecule has 0 amide bonds. The Bertz CT molecular complexity index is 442. The van der Waals surface area contributed by atoms with Crippen LogP contribution in [-0.2, 0) is 19.1 Å². The monoisotopic (exact) mass is 248 g/mol. The second-order valence-electron chi connectivity index (χ2n) is 6.77. The van der Waals surface area contributed by atoms with Crippen LogP contribution in [0.25, 0.3) is 0 Å². The van der Waals surface area contributed by atoms with Gasteiger partial charge in [0.2, 0.25) is 0 Å². The van der Waals surface area contributed by atoms with E-state index >= 15 is 0 Å². The molecule has 6 saturated carbocycles. The van der Waals surface area contributed by atoms with Crippen LogP contribution in [0, 0.1) is 47.3 Å². The van der Waals surface area contributed by atoms with Crippen molar-refractivity contribution in [3.8, 4) is 0 Å². The Morgan fingerprint density at radius 2 is 0.889 bits per heavy atom. The van der Waals surface area contributed by atoms with Crippen molar-refractivity contribution < 1.29 is 19.1 Å². The topological polar surface area (TPSA) is 52.6 Å². The smallest absolute Gasteiger partial charge is 0.302 e. The highest BCUT2D eigenvalue weighted by Crippen LogP contribution is 2.89. The van der Waals surface area contributed by atoms with Crippen molar-refractivity contribution in [2.45, 2.75) is 26.1 Å². The van der Waals surface area contributed by atoms with Crippen LogP contribution >= 0.6 is 0 Å². The van der Waals surface area contributed by atoms with Crippen LogP contribution in [0.2, 0.25) is 0 Å². The maximum Gasteiger partial charge on any atom is 0.302 e. The van der Waals surface area contributed by atoms with Crippen LogP contribution in [0.3, 0.4) is 0 Å².